The van der Waals surface area contributed by atoms with Crippen LogP contribution in [0.25, 0.3) is 11.1 Å². The zero-order valence-corrected chi connectivity index (χ0v) is 13.5. The van der Waals surface area contributed by atoms with Gasteiger partial charge in [-0.1, -0.05) is 12.1 Å². The molecule has 126 valence electrons. The summed E-state index contributed by atoms with van der Waals surface area (Å²) < 4.78 is 4.97. The van der Waals surface area contributed by atoms with Crippen molar-refractivity contribution in [3.05, 3.63) is 47.5 Å². The van der Waals surface area contributed by atoms with Crippen molar-refractivity contribution < 1.29 is 30.9 Å². The molecule has 0 heterocycles. The fourth-order valence-electron chi connectivity index (χ4n) is 2.41. The Labute approximate surface area is 140 Å². The van der Waals surface area contributed by atoms with Crippen molar-refractivity contribution >= 4 is 11.6 Å². The van der Waals surface area contributed by atoms with Crippen LogP contribution in [0.1, 0.15) is 11.1 Å². The minimum atomic E-state index is -0.205. The topological polar surface area (TPSA) is 121 Å². The van der Waals surface area contributed by atoms with Crippen molar-refractivity contribution in [2.45, 2.75) is 12.8 Å². The molecule has 0 radical (unpaired) electrons. The van der Waals surface area contributed by atoms with E-state index in [0.717, 1.165) is 11.1 Å². The lowest BCUT2D eigenvalue weighted by molar-refractivity contribution is -0.139. The zero-order chi connectivity index (χ0) is 17.7. The Kier molecular flexibility index (Phi) is 5.55. The highest BCUT2D eigenvalue weighted by atomic mass is 16.5. The van der Waals surface area contributed by atoms with Gasteiger partial charge in [-0.05, 0) is 35.4 Å². The number of aromatic hydroxyl groups is 2. The number of phenolic OH excluding ortho intramolecular Hbond substituents is 2. The summed E-state index contributed by atoms with van der Waals surface area (Å²) in [4.78, 5) is 0. The highest BCUT2D eigenvalue weighted by molar-refractivity contribution is 5.83. The predicted molar refractivity (Wildman–Crippen MR) is 90.6 cm³/mol. The summed E-state index contributed by atoms with van der Waals surface area (Å²) in [6, 6.07) is 10.0. The third-order valence-electron chi connectivity index (χ3n) is 3.69. The van der Waals surface area contributed by atoms with E-state index in [-0.39, 0.29) is 18.1 Å². The van der Waals surface area contributed by atoms with Gasteiger partial charge in [-0.2, -0.15) is 0 Å². The van der Waals surface area contributed by atoms with Gasteiger partial charge in [0.2, 0.25) is 0 Å². The molecule has 0 aliphatic carbocycles. The molecule has 2 aromatic rings. The lowest BCUT2D eigenvalue weighted by atomic mass is 9.96. The summed E-state index contributed by atoms with van der Waals surface area (Å²) in [6.07, 6.45) is 0.782. The lowest BCUT2D eigenvalue weighted by Crippen LogP contribution is -2.43. The average Bonchev–Trinajstić information content (AvgIpc) is 2.58. The van der Waals surface area contributed by atoms with E-state index >= 15 is 0 Å². The molecule has 0 aliphatic rings. The first kappa shape index (κ1) is 17.5. The first-order valence-corrected chi connectivity index (χ1v) is 7.45. The SMILES string of the molecule is COC(=[NH2+])Cc1ccc(O)c(-c2cc(CC(=[NH2+])CO)ccc2O)c1. The van der Waals surface area contributed by atoms with Gasteiger partial charge < -0.3 is 20.1 Å². The van der Waals surface area contributed by atoms with Gasteiger partial charge in [0.15, 0.2) is 5.71 Å². The summed E-state index contributed by atoms with van der Waals surface area (Å²) in [5, 5.41) is 40.8. The molecule has 2 aromatic carbocycles. The van der Waals surface area contributed by atoms with Crippen LogP contribution in [-0.2, 0) is 17.6 Å². The van der Waals surface area contributed by atoms with Gasteiger partial charge in [0.25, 0.3) is 0 Å². The maximum Gasteiger partial charge on any atom is 0.337 e. The molecule has 6 heteroatoms. The van der Waals surface area contributed by atoms with Gasteiger partial charge in [0, 0.05) is 11.1 Å². The van der Waals surface area contributed by atoms with Crippen molar-refractivity contribution in [3.63, 3.8) is 0 Å². The predicted octanol–water partition coefficient (Wildman–Crippen LogP) is -1.15. The van der Waals surface area contributed by atoms with Crippen LogP contribution in [0, 0.1) is 0 Å². The van der Waals surface area contributed by atoms with Crippen LogP contribution < -0.4 is 10.8 Å². The maximum atomic E-state index is 10.2. The smallest absolute Gasteiger partial charge is 0.337 e. The average molecular weight is 330 g/mol. The molecular weight excluding hydrogens is 308 g/mol. The van der Waals surface area contributed by atoms with Gasteiger partial charge in [-0.15, -0.1) is 0 Å². The number of rotatable bonds is 6. The van der Waals surface area contributed by atoms with E-state index in [4.69, 9.17) is 20.7 Å². The Hall–Kier alpha value is -2.86. The second-order valence-electron chi connectivity index (χ2n) is 5.54. The third kappa shape index (κ3) is 4.11. The normalized spacial score (nSPS) is 10.4. The maximum absolute atomic E-state index is 10.2. The summed E-state index contributed by atoms with van der Waals surface area (Å²) >= 11 is 0. The van der Waals surface area contributed by atoms with E-state index < -0.39 is 0 Å². The molecule has 2 rings (SSSR count). The van der Waals surface area contributed by atoms with Crippen LogP contribution >= 0.6 is 0 Å². The van der Waals surface area contributed by atoms with Gasteiger partial charge in [-0.3, -0.25) is 5.41 Å². The standard InChI is InChI=1S/C18H20N2O4/c1-24-18(20)9-12-3-5-17(23)15(8-12)14-7-11(2-4-16(14)22)6-13(19)10-21/h2-5,7-8,19-23H,6,9-10H2,1H3/p+2. The summed E-state index contributed by atoms with van der Waals surface area (Å²) in [6.45, 7) is -0.205. The van der Waals surface area contributed by atoms with Crippen LogP contribution in [0.2, 0.25) is 0 Å². The first-order chi connectivity index (χ1) is 11.4. The molecule has 0 bridgehead atoms. The molecule has 0 saturated heterocycles. The summed E-state index contributed by atoms with van der Waals surface area (Å²) in [5.74, 6) is 0.439. The van der Waals surface area contributed by atoms with E-state index in [1.165, 1.54) is 13.2 Å². The molecule has 0 fully saturated rings. The Balaban J connectivity index is 2.42. The van der Waals surface area contributed by atoms with Crippen LogP contribution in [0.5, 0.6) is 11.5 Å². The number of methoxy groups -OCH3 is 1. The minimum absolute atomic E-state index is 0.0393. The number of aliphatic hydroxyl groups is 1. The number of ether oxygens (including phenoxy) is 1. The number of hydrogen-bond donors (Lipinski definition) is 5. The number of nitrogens with two attached hydrogens (primary N) is 2. The molecule has 0 spiro atoms. The summed E-state index contributed by atoms with van der Waals surface area (Å²) in [7, 11) is 1.49. The van der Waals surface area contributed by atoms with E-state index in [0.29, 0.717) is 35.6 Å². The zero-order valence-electron chi connectivity index (χ0n) is 13.5. The fourth-order valence-corrected chi connectivity index (χ4v) is 2.41. The van der Waals surface area contributed by atoms with Gasteiger partial charge in [0.1, 0.15) is 18.1 Å². The minimum Gasteiger partial charge on any atom is -0.507 e. The molecule has 7 N–H and O–H groups in total. The Morgan fingerprint density at radius 2 is 1.42 bits per heavy atom. The van der Waals surface area contributed by atoms with Crippen molar-refractivity contribution in [3.8, 4) is 22.6 Å². The number of hydrogen-bond acceptors (Lipinski definition) is 4. The molecule has 0 amide bonds. The van der Waals surface area contributed by atoms with E-state index in [2.05, 4.69) is 0 Å². The Morgan fingerprint density at radius 3 is 1.88 bits per heavy atom. The fraction of sp³-hybridized carbons (Fsp3) is 0.222. The van der Waals surface area contributed by atoms with Crippen molar-refractivity contribution in [2.24, 2.45) is 0 Å². The molecule has 0 aliphatic heterocycles. The second-order valence-corrected chi connectivity index (χ2v) is 5.54. The lowest BCUT2D eigenvalue weighted by Gasteiger charge is -2.11. The van der Waals surface area contributed by atoms with Gasteiger partial charge in [-0.25, -0.2) is 5.41 Å². The molecule has 6 nitrogen and oxygen atoms in total. The van der Waals surface area contributed by atoms with Crippen molar-refractivity contribution in [1.82, 2.24) is 0 Å². The largest absolute Gasteiger partial charge is 0.507 e. The van der Waals surface area contributed by atoms with Crippen molar-refractivity contribution in [2.75, 3.05) is 13.7 Å². The highest BCUT2D eigenvalue weighted by Gasteiger charge is 2.14. The third-order valence-corrected chi connectivity index (χ3v) is 3.69. The van der Waals surface area contributed by atoms with Gasteiger partial charge in [0.05, 0.1) is 20.0 Å². The van der Waals surface area contributed by atoms with E-state index in [1.807, 2.05) is 0 Å². The molecule has 0 saturated carbocycles. The Morgan fingerprint density at radius 1 is 0.917 bits per heavy atom. The van der Waals surface area contributed by atoms with Crippen LogP contribution in [-0.4, -0.2) is 40.6 Å². The van der Waals surface area contributed by atoms with Crippen molar-refractivity contribution in [1.29, 1.82) is 0 Å². The molecule has 24 heavy (non-hydrogen) atoms. The number of aliphatic hydroxyl groups excluding tert-OH is 1. The van der Waals surface area contributed by atoms with E-state index in [1.54, 1.807) is 30.3 Å². The molecule has 0 atom stereocenters. The molecule has 0 aromatic heterocycles. The molecule has 0 unspecified atom stereocenters. The van der Waals surface area contributed by atoms with Crippen LogP contribution in [0.15, 0.2) is 36.4 Å². The van der Waals surface area contributed by atoms with E-state index in [9.17, 15) is 10.2 Å². The highest BCUT2D eigenvalue weighted by Crippen LogP contribution is 2.36. The van der Waals surface area contributed by atoms with Gasteiger partial charge >= 0.3 is 5.90 Å². The summed E-state index contributed by atoms with van der Waals surface area (Å²) in [5.41, 5.74) is 3.05. The monoisotopic (exact) mass is 330 g/mol. The van der Waals surface area contributed by atoms with Crippen LogP contribution in [0.4, 0.5) is 0 Å². The molecular formula is C18H22N2O4+2. The first-order valence-electron chi connectivity index (χ1n) is 7.45. The second kappa shape index (κ2) is 7.61. The quantitative estimate of drug-likeness (QED) is 0.339. The number of phenols is 2. The Bertz CT molecular complexity index is 706. The van der Waals surface area contributed by atoms with Crippen LogP contribution in [0.3, 0.4) is 0 Å². The number of benzene rings is 2.